The van der Waals surface area contributed by atoms with Gasteiger partial charge in [0.2, 0.25) is 10.0 Å². The summed E-state index contributed by atoms with van der Waals surface area (Å²) in [4.78, 5) is 12.4. The van der Waals surface area contributed by atoms with Gasteiger partial charge in [-0.25, -0.2) is 8.42 Å². The molecule has 1 aliphatic rings. The molecule has 3 heterocycles. The first-order valence-electron chi connectivity index (χ1n) is 8.03. The predicted molar refractivity (Wildman–Crippen MR) is 89.7 cm³/mol. The number of nitrogens with one attached hydrogen (secondary N) is 1. The van der Waals surface area contributed by atoms with Crippen LogP contribution in [0.1, 0.15) is 16.2 Å². The topological polar surface area (TPSA) is 93.8 Å². The van der Waals surface area contributed by atoms with Crippen LogP contribution in [0.25, 0.3) is 0 Å². The van der Waals surface area contributed by atoms with E-state index in [9.17, 15) is 13.2 Å². The van der Waals surface area contributed by atoms with E-state index in [2.05, 4.69) is 5.32 Å². The zero-order chi connectivity index (χ0) is 17.9. The van der Waals surface area contributed by atoms with Gasteiger partial charge in [0.05, 0.1) is 19.5 Å². The number of nitrogens with zero attached hydrogens (tertiary/aromatic N) is 2. The standard InChI is InChI=1S/C16H21N3O5S/c1-18-12-14(25(21,22)19-6-9-23-10-7-19)11-15(18)16(20)17-5-4-13-3-2-8-24-13/h2-3,8,11-12H,4-7,9-10H2,1H3,(H,17,20). The van der Waals surface area contributed by atoms with E-state index >= 15 is 0 Å². The second-order valence-corrected chi connectivity index (χ2v) is 7.71. The molecule has 1 aliphatic heterocycles. The third-order valence-corrected chi connectivity index (χ3v) is 5.92. The van der Waals surface area contributed by atoms with Crippen LogP contribution in [-0.4, -0.2) is 56.0 Å². The maximum atomic E-state index is 12.7. The Kier molecular flexibility index (Phi) is 5.26. The van der Waals surface area contributed by atoms with Crippen molar-refractivity contribution in [1.82, 2.24) is 14.2 Å². The number of rotatable bonds is 6. The Morgan fingerprint density at radius 1 is 1.32 bits per heavy atom. The van der Waals surface area contributed by atoms with Gasteiger partial charge in [0.1, 0.15) is 16.3 Å². The summed E-state index contributed by atoms with van der Waals surface area (Å²) in [5.41, 5.74) is 0.297. The number of carbonyl (C=O) groups is 1. The van der Waals surface area contributed by atoms with Crippen LogP contribution in [-0.2, 0) is 28.2 Å². The molecule has 0 unspecified atom stereocenters. The lowest BCUT2D eigenvalue weighted by Gasteiger charge is -2.25. The van der Waals surface area contributed by atoms with Crippen molar-refractivity contribution in [2.24, 2.45) is 7.05 Å². The fourth-order valence-electron chi connectivity index (χ4n) is 2.68. The number of amides is 1. The number of aryl methyl sites for hydroxylation is 1. The van der Waals surface area contributed by atoms with Crippen molar-refractivity contribution in [3.8, 4) is 0 Å². The summed E-state index contributed by atoms with van der Waals surface area (Å²) in [5.74, 6) is 0.459. The Labute approximate surface area is 146 Å². The SMILES string of the molecule is Cn1cc(S(=O)(=O)N2CCOCC2)cc1C(=O)NCCc1ccco1. The fourth-order valence-corrected chi connectivity index (χ4v) is 4.16. The van der Waals surface area contributed by atoms with Crippen molar-refractivity contribution in [3.05, 3.63) is 42.1 Å². The van der Waals surface area contributed by atoms with E-state index in [-0.39, 0.29) is 10.8 Å². The van der Waals surface area contributed by atoms with Crippen molar-refractivity contribution in [2.75, 3.05) is 32.8 Å². The Balaban J connectivity index is 1.67. The predicted octanol–water partition coefficient (Wildman–Crippen LogP) is 0.612. The zero-order valence-electron chi connectivity index (χ0n) is 14.0. The van der Waals surface area contributed by atoms with Gasteiger partial charge >= 0.3 is 0 Å². The smallest absolute Gasteiger partial charge is 0.267 e. The first-order valence-corrected chi connectivity index (χ1v) is 9.47. The average molecular weight is 367 g/mol. The summed E-state index contributed by atoms with van der Waals surface area (Å²) in [7, 11) is -1.96. The van der Waals surface area contributed by atoms with E-state index in [4.69, 9.17) is 9.15 Å². The van der Waals surface area contributed by atoms with Crippen LogP contribution in [0.2, 0.25) is 0 Å². The van der Waals surface area contributed by atoms with E-state index < -0.39 is 10.0 Å². The quantitative estimate of drug-likeness (QED) is 0.807. The minimum atomic E-state index is -3.62. The molecule has 1 amide bonds. The molecule has 0 aliphatic carbocycles. The molecule has 0 atom stereocenters. The van der Waals surface area contributed by atoms with Crippen LogP contribution >= 0.6 is 0 Å². The van der Waals surface area contributed by atoms with Crippen LogP contribution in [0.4, 0.5) is 0 Å². The number of furan rings is 1. The summed E-state index contributed by atoms with van der Waals surface area (Å²) in [5, 5.41) is 2.77. The van der Waals surface area contributed by atoms with Gasteiger partial charge in [0, 0.05) is 39.3 Å². The molecular weight excluding hydrogens is 346 g/mol. The lowest BCUT2D eigenvalue weighted by Crippen LogP contribution is -2.40. The van der Waals surface area contributed by atoms with Crippen molar-refractivity contribution < 1.29 is 22.4 Å². The molecule has 0 spiro atoms. The van der Waals surface area contributed by atoms with Gasteiger partial charge in [0.15, 0.2) is 0 Å². The van der Waals surface area contributed by atoms with Crippen LogP contribution in [0, 0.1) is 0 Å². The number of morpholine rings is 1. The highest BCUT2D eigenvalue weighted by Crippen LogP contribution is 2.19. The van der Waals surface area contributed by atoms with Gasteiger partial charge in [-0.3, -0.25) is 4.79 Å². The molecule has 8 nitrogen and oxygen atoms in total. The molecule has 0 bridgehead atoms. The largest absolute Gasteiger partial charge is 0.469 e. The fraction of sp³-hybridized carbons (Fsp3) is 0.438. The Hall–Kier alpha value is -2.10. The van der Waals surface area contributed by atoms with Crippen LogP contribution in [0.5, 0.6) is 0 Å². The lowest BCUT2D eigenvalue weighted by molar-refractivity contribution is 0.0730. The first-order chi connectivity index (χ1) is 12.0. The molecular formula is C16H21N3O5S. The summed E-state index contributed by atoms with van der Waals surface area (Å²) in [6.07, 6.45) is 3.62. The van der Waals surface area contributed by atoms with Crippen molar-refractivity contribution in [3.63, 3.8) is 0 Å². The number of sulfonamides is 1. The summed E-state index contributed by atoms with van der Waals surface area (Å²) >= 11 is 0. The molecule has 0 radical (unpaired) electrons. The van der Waals surface area contributed by atoms with Gasteiger partial charge in [-0.15, -0.1) is 0 Å². The second-order valence-electron chi connectivity index (χ2n) is 5.77. The summed E-state index contributed by atoms with van der Waals surface area (Å²) in [6.45, 7) is 1.81. The van der Waals surface area contributed by atoms with Crippen molar-refractivity contribution >= 4 is 15.9 Å². The Morgan fingerprint density at radius 2 is 2.08 bits per heavy atom. The molecule has 9 heteroatoms. The van der Waals surface area contributed by atoms with E-state index in [1.165, 1.54) is 21.1 Å². The third-order valence-electron chi connectivity index (χ3n) is 4.06. The highest BCUT2D eigenvalue weighted by molar-refractivity contribution is 7.89. The van der Waals surface area contributed by atoms with E-state index in [0.717, 1.165) is 5.76 Å². The molecule has 2 aromatic heterocycles. The number of carbonyl (C=O) groups excluding carboxylic acids is 1. The number of hydrogen-bond donors (Lipinski definition) is 1. The molecule has 1 N–H and O–H groups in total. The van der Waals surface area contributed by atoms with Gasteiger partial charge in [-0.2, -0.15) is 4.31 Å². The molecule has 136 valence electrons. The number of aromatic nitrogens is 1. The minimum absolute atomic E-state index is 0.119. The highest BCUT2D eigenvalue weighted by Gasteiger charge is 2.28. The van der Waals surface area contributed by atoms with Gasteiger partial charge < -0.3 is 19.0 Å². The number of hydrogen-bond acceptors (Lipinski definition) is 5. The van der Waals surface area contributed by atoms with Crippen LogP contribution < -0.4 is 5.32 Å². The molecule has 3 rings (SSSR count). The summed E-state index contributed by atoms with van der Waals surface area (Å²) < 4.78 is 38.6. The Morgan fingerprint density at radius 3 is 2.76 bits per heavy atom. The van der Waals surface area contributed by atoms with E-state index in [1.807, 2.05) is 6.07 Å². The highest BCUT2D eigenvalue weighted by atomic mass is 32.2. The van der Waals surface area contributed by atoms with Gasteiger partial charge in [-0.1, -0.05) is 0 Å². The lowest BCUT2D eigenvalue weighted by atomic mass is 10.3. The van der Waals surface area contributed by atoms with Crippen molar-refractivity contribution in [2.45, 2.75) is 11.3 Å². The molecule has 0 aromatic carbocycles. The summed E-state index contributed by atoms with van der Waals surface area (Å²) in [6, 6.07) is 5.03. The van der Waals surface area contributed by atoms with E-state index in [0.29, 0.717) is 45.0 Å². The molecule has 2 aromatic rings. The average Bonchev–Trinajstić information content (AvgIpc) is 3.25. The normalized spacial score (nSPS) is 16.0. The second kappa shape index (κ2) is 7.42. The van der Waals surface area contributed by atoms with Crippen LogP contribution in [0.3, 0.4) is 0 Å². The molecule has 25 heavy (non-hydrogen) atoms. The van der Waals surface area contributed by atoms with Gasteiger partial charge in [0.25, 0.3) is 5.91 Å². The van der Waals surface area contributed by atoms with Crippen molar-refractivity contribution in [1.29, 1.82) is 0 Å². The maximum absolute atomic E-state index is 12.7. The molecule has 1 fully saturated rings. The van der Waals surface area contributed by atoms with Gasteiger partial charge in [-0.05, 0) is 18.2 Å². The monoisotopic (exact) mass is 367 g/mol. The van der Waals surface area contributed by atoms with Crippen LogP contribution in [0.15, 0.2) is 40.0 Å². The molecule has 0 saturated carbocycles. The third kappa shape index (κ3) is 3.94. The van der Waals surface area contributed by atoms with E-state index in [1.54, 1.807) is 19.4 Å². The number of ether oxygens (including phenoxy) is 1. The zero-order valence-corrected chi connectivity index (χ0v) is 14.8. The Bertz CT molecular complexity index is 820. The maximum Gasteiger partial charge on any atom is 0.267 e. The molecule has 1 saturated heterocycles. The minimum Gasteiger partial charge on any atom is -0.469 e. The first kappa shape index (κ1) is 17.7.